The molecule has 2 N–H and O–H groups in total. The molecule has 6 nitrogen and oxygen atoms in total. The molecule has 1 heterocycles. The molecule has 0 aliphatic carbocycles. The summed E-state index contributed by atoms with van der Waals surface area (Å²) in [6.45, 7) is 1.94. The van der Waals surface area contributed by atoms with Crippen molar-refractivity contribution in [3.63, 3.8) is 0 Å². The minimum Gasteiger partial charge on any atom is -0.322 e. The van der Waals surface area contributed by atoms with Gasteiger partial charge < -0.3 is 5.32 Å². The molecule has 0 aliphatic heterocycles. The monoisotopic (exact) mass is 414 g/mol. The van der Waals surface area contributed by atoms with Crippen LogP contribution in [0.3, 0.4) is 0 Å². The highest BCUT2D eigenvalue weighted by Crippen LogP contribution is 2.26. The molecule has 4 rings (SSSR count). The van der Waals surface area contributed by atoms with Crippen molar-refractivity contribution in [3.8, 4) is 10.6 Å². The Bertz CT molecular complexity index is 1190. The van der Waals surface area contributed by atoms with E-state index in [0.717, 1.165) is 16.1 Å². The average Bonchev–Trinajstić information content (AvgIpc) is 3.23. The number of hydrogen-bond acceptors (Lipinski definition) is 5. The van der Waals surface area contributed by atoms with E-state index in [1.54, 1.807) is 30.3 Å². The number of hydrogen-bond donors (Lipinski definition) is 2. The summed E-state index contributed by atoms with van der Waals surface area (Å²) in [6, 6.07) is 23.7. The van der Waals surface area contributed by atoms with Crippen LogP contribution in [0.1, 0.15) is 26.3 Å². The Balaban J connectivity index is 1.40. The third kappa shape index (κ3) is 4.59. The number of aromatic nitrogens is 2. The lowest BCUT2D eigenvalue weighted by atomic mass is 10.1. The third-order valence-electron chi connectivity index (χ3n) is 4.35. The van der Waals surface area contributed by atoms with E-state index in [0.29, 0.717) is 21.9 Å². The first-order chi connectivity index (χ1) is 14.6. The quantitative estimate of drug-likeness (QED) is 0.480. The predicted molar refractivity (Wildman–Crippen MR) is 119 cm³/mol. The summed E-state index contributed by atoms with van der Waals surface area (Å²) in [5.41, 5.74) is 3.62. The van der Waals surface area contributed by atoms with E-state index in [1.165, 1.54) is 11.3 Å². The van der Waals surface area contributed by atoms with Gasteiger partial charge in [0.2, 0.25) is 5.13 Å². The Hall–Kier alpha value is -3.84. The fraction of sp³-hybridized carbons (Fsp3) is 0.0435. The molecule has 0 radical (unpaired) electrons. The Morgan fingerprint density at radius 2 is 1.50 bits per heavy atom. The van der Waals surface area contributed by atoms with Crippen molar-refractivity contribution < 1.29 is 9.59 Å². The molecule has 0 unspecified atom stereocenters. The van der Waals surface area contributed by atoms with Crippen molar-refractivity contribution in [1.82, 2.24) is 10.2 Å². The SMILES string of the molecule is Cc1cccc(C(=O)Nc2ccc(C(=O)Nc3nnc(-c4ccccc4)s3)cc2)c1. The lowest BCUT2D eigenvalue weighted by Crippen LogP contribution is -2.13. The molecule has 0 bridgehead atoms. The average molecular weight is 414 g/mol. The summed E-state index contributed by atoms with van der Waals surface area (Å²) in [5.74, 6) is -0.486. The van der Waals surface area contributed by atoms with Crippen LogP contribution < -0.4 is 10.6 Å². The largest absolute Gasteiger partial charge is 0.322 e. The van der Waals surface area contributed by atoms with Crippen LogP contribution in [-0.4, -0.2) is 22.0 Å². The highest BCUT2D eigenvalue weighted by Gasteiger charge is 2.12. The van der Waals surface area contributed by atoms with E-state index in [-0.39, 0.29) is 11.8 Å². The van der Waals surface area contributed by atoms with Crippen LogP contribution >= 0.6 is 11.3 Å². The minimum absolute atomic E-state index is 0.196. The lowest BCUT2D eigenvalue weighted by Gasteiger charge is -2.07. The Labute approximate surface area is 177 Å². The van der Waals surface area contributed by atoms with Crippen LogP contribution in [-0.2, 0) is 0 Å². The fourth-order valence-corrected chi connectivity index (χ4v) is 3.58. The molecule has 1 aromatic heterocycles. The minimum atomic E-state index is -0.290. The van der Waals surface area contributed by atoms with E-state index in [9.17, 15) is 9.59 Å². The molecule has 3 aromatic carbocycles. The maximum atomic E-state index is 12.5. The zero-order valence-electron chi connectivity index (χ0n) is 16.1. The second-order valence-electron chi connectivity index (χ2n) is 6.63. The molecule has 0 saturated heterocycles. The van der Waals surface area contributed by atoms with Gasteiger partial charge in [0, 0.05) is 22.4 Å². The maximum absolute atomic E-state index is 12.5. The standard InChI is InChI=1S/C23H18N4O2S/c1-15-6-5-9-18(14-15)21(29)24-19-12-10-16(11-13-19)20(28)25-23-27-26-22(30-23)17-7-3-2-4-8-17/h2-14H,1H3,(H,24,29)(H,25,27,28). The van der Waals surface area contributed by atoms with Crippen molar-refractivity contribution >= 4 is 34.0 Å². The summed E-state index contributed by atoms with van der Waals surface area (Å²) in [7, 11) is 0. The van der Waals surface area contributed by atoms with Crippen molar-refractivity contribution in [1.29, 1.82) is 0 Å². The molecule has 0 spiro atoms. The smallest absolute Gasteiger partial charge is 0.257 e. The predicted octanol–water partition coefficient (Wildman–Crippen LogP) is 5.02. The number of carbonyl (C=O) groups excluding carboxylic acids is 2. The second-order valence-corrected chi connectivity index (χ2v) is 7.61. The zero-order valence-corrected chi connectivity index (χ0v) is 16.9. The van der Waals surface area contributed by atoms with Gasteiger partial charge in [0.1, 0.15) is 5.01 Å². The molecule has 0 fully saturated rings. The van der Waals surface area contributed by atoms with Crippen molar-refractivity contribution in [2.75, 3.05) is 10.6 Å². The van der Waals surface area contributed by atoms with Gasteiger partial charge in [-0.15, -0.1) is 10.2 Å². The number of amides is 2. The molecular formula is C23H18N4O2S. The summed E-state index contributed by atoms with van der Waals surface area (Å²) in [6.07, 6.45) is 0. The number of carbonyl (C=O) groups is 2. The van der Waals surface area contributed by atoms with Gasteiger partial charge in [0.25, 0.3) is 11.8 Å². The molecule has 30 heavy (non-hydrogen) atoms. The van der Waals surface area contributed by atoms with Gasteiger partial charge in [0.05, 0.1) is 0 Å². The van der Waals surface area contributed by atoms with E-state index < -0.39 is 0 Å². The van der Waals surface area contributed by atoms with Crippen LogP contribution in [0.25, 0.3) is 10.6 Å². The number of anilines is 2. The lowest BCUT2D eigenvalue weighted by molar-refractivity contribution is 0.102. The third-order valence-corrected chi connectivity index (χ3v) is 5.24. The molecule has 0 saturated carbocycles. The topological polar surface area (TPSA) is 84.0 Å². The van der Waals surface area contributed by atoms with E-state index in [2.05, 4.69) is 20.8 Å². The van der Waals surface area contributed by atoms with Crippen LogP contribution in [0.4, 0.5) is 10.8 Å². The molecule has 7 heteroatoms. The normalized spacial score (nSPS) is 10.4. The van der Waals surface area contributed by atoms with E-state index >= 15 is 0 Å². The number of rotatable bonds is 5. The zero-order chi connectivity index (χ0) is 20.9. The van der Waals surface area contributed by atoms with Crippen molar-refractivity contribution in [2.24, 2.45) is 0 Å². The summed E-state index contributed by atoms with van der Waals surface area (Å²) in [5, 5.41) is 14.9. The molecular weight excluding hydrogens is 396 g/mol. The number of nitrogens with one attached hydrogen (secondary N) is 2. The van der Waals surface area contributed by atoms with Crippen LogP contribution in [0.2, 0.25) is 0 Å². The van der Waals surface area contributed by atoms with E-state index in [1.807, 2.05) is 55.5 Å². The van der Waals surface area contributed by atoms with Crippen LogP contribution in [0, 0.1) is 6.92 Å². The highest BCUT2D eigenvalue weighted by molar-refractivity contribution is 7.18. The highest BCUT2D eigenvalue weighted by atomic mass is 32.1. The summed E-state index contributed by atoms with van der Waals surface area (Å²) in [4.78, 5) is 24.8. The van der Waals surface area contributed by atoms with Crippen molar-refractivity contribution in [3.05, 3.63) is 95.6 Å². The first kappa shape index (κ1) is 19.5. The Kier molecular flexibility index (Phi) is 5.63. The van der Waals surface area contributed by atoms with Gasteiger partial charge in [-0.3, -0.25) is 14.9 Å². The fourth-order valence-electron chi connectivity index (χ4n) is 2.83. The number of benzene rings is 3. The van der Waals surface area contributed by atoms with Gasteiger partial charge in [-0.25, -0.2) is 0 Å². The first-order valence-corrected chi connectivity index (χ1v) is 10.1. The first-order valence-electron chi connectivity index (χ1n) is 9.27. The Morgan fingerprint density at radius 3 is 2.23 bits per heavy atom. The van der Waals surface area contributed by atoms with E-state index in [4.69, 9.17) is 0 Å². The van der Waals surface area contributed by atoms with Crippen LogP contribution in [0.5, 0.6) is 0 Å². The second kappa shape index (κ2) is 8.67. The van der Waals surface area contributed by atoms with Gasteiger partial charge >= 0.3 is 0 Å². The van der Waals surface area contributed by atoms with Gasteiger partial charge in [-0.1, -0.05) is 59.4 Å². The molecule has 148 valence electrons. The van der Waals surface area contributed by atoms with Crippen molar-refractivity contribution in [2.45, 2.75) is 6.92 Å². The maximum Gasteiger partial charge on any atom is 0.257 e. The molecule has 4 aromatic rings. The molecule has 0 aliphatic rings. The van der Waals surface area contributed by atoms with Crippen LogP contribution in [0.15, 0.2) is 78.9 Å². The number of nitrogens with zero attached hydrogens (tertiary/aromatic N) is 2. The molecule has 2 amide bonds. The van der Waals surface area contributed by atoms with Gasteiger partial charge in [-0.2, -0.15) is 0 Å². The molecule has 0 atom stereocenters. The Morgan fingerprint density at radius 1 is 0.767 bits per heavy atom. The summed E-state index contributed by atoms with van der Waals surface area (Å²) >= 11 is 1.31. The number of aryl methyl sites for hydroxylation is 1. The summed E-state index contributed by atoms with van der Waals surface area (Å²) < 4.78 is 0. The van der Waals surface area contributed by atoms with Gasteiger partial charge in [-0.05, 0) is 43.3 Å². The van der Waals surface area contributed by atoms with Gasteiger partial charge in [0.15, 0.2) is 0 Å².